The Morgan fingerprint density at radius 3 is 0.716 bits per heavy atom. The van der Waals surface area contributed by atoms with Crippen LogP contribution < -0.4 is 5.32 Å². The third kappa shape index (κ3) is 69.3. The van der Waals surface area contributed by atoms with E-state index < -0.39 is 12.1 Å². The number of nitrogens with one attached hydrogen (secondary N) is 1. The van der Waals surface area contributed by atoms with Crippen molar-refractivity contribution in [3.05, 3.63) is 36.5 Å². The number of carbonyl (C=O) groups excluding carboxylic acids is 1. The number of aliphatic hydroxyl groups is 2. The third-order valence-electron chi connectivity index (χ3n) is 17.9. The molecule has 2 unspecified atom stereocenters. The summed E-state index contributed by atoms with van der Waals surface area (Å²) in [5, 5.41) is 23.3. The Kier molecular flexibility index (Phi) is 71.6. The molecule has 0 bridgehead atoms. The van der Waals surface area contributed by atoms with Crippen LogP contribution in [-0.2, 0) is 4.79 Å². The van der Waals surface area contributed by atoms with Gasteiger partial charge in [-0.3, -0.25) is 4.79 Å². The van der Waals surface area contributed by atoms with Gasteiger partial charge in [0.15, 0.2) is 0 Å². The van der Waals surface area contributed by atoms with Crippen molar-refractivity contribution in [3.8, 4) is 0 Å². The van der Waals surface area contributed by atoms with E-state index >= 15 is 0 Å². The summed E-state index contributed by atoms with van der Waals surface area (Å²) in [4.78, 5) is 12.5. The Morgan fingerprint density at radius 1 is 0.284 bits per heavy atom. The molecular weight excluding hydrogens is 987 g/mol. The molecule has 0 saturated heterocycles. The molecule has 0 saturated carbocycles. The molecule has 0 aliphatic heterocycles. The van der Waals surface area contributed by atoms with Gasteiger partial charge in [0.2, 0.25) is 5.91 Å². The van der Waals surface area contributed by atoms with E-state index in [1.807, 2.05) is 6.08 Å². The Balaban J connectivity index is 3.42. The Bertz CT molecular complexity index is 1240. The summed E-state index contributed by atoms with van der Waals surface area (Å²) in [7, 11) is 0. The lowest BCUT2D eigenvalue weighted by molar-refractivity contribution is -0.123. The molecule has 0 fully saturated rings. The fourth-order valence-corrected chi connectivity index (χ4v) is 12.2. The summed E-state index contributed by atoms with van der Waals surface area (Å²) in [6.45, 7) is 4.35. The van der Waals surface area contributed by atoms with Crippen molar-refractivity contribution in [1.82, 2.24) is 5.32 Å². The maximum Gasteiger partial charge on any atom is 0.220 e. The molecule has 3 N–H and O–H groups in total. The van der Waals surface area contributed by atoms with Gasteiger partial charge in [-0.15, -0.1) is 0 Å². The van der Waals surface area contributed by atoms with Crippen LogP contribution in [-0.4, -0.2) is 34.9 Å². The van der Waals surface area contributed by atoms with Crippen molar-refractivity contribution in [1.29, 1.82) is 0 Å². The van der Waals surface area contributed by atoms with E-state index in [0.29, 0.717) is 6.42 Å². The van der Waals surface area contributed by atoms with Gasteiger partial charge < -0.3 is 15.5 Å². The molecule has 0 aromatic carbocycles. The lowest BCUT2D eigenvalue weighted by atomic mass is 10.0. The Hall–Kier alpha value is -1.39. The van der Waals surface area contributed by atoms with E-state index in [0.717, 1.165) is 38.5 Å². The van der Waals surface area contributed by atoms with E-state index in [1.165, 1.54) is 372 Å². The number of rotatable bonds is 71. The van der Waals surface area contributed by atoms with Crippen molar-refractivity contribution in [2.24, 2.45) is 0 Å². The number of hydrogen-bond acceptors (Lipinski definition) is 3. The normalized spacial score (nSPS) is 12.8. The van der Waals surface area contributed by atoms with E-state index in [1.54, 1.807) is 6.08 Å². The zero-order valence-electron chi connectivity index (χ0n) is 55.6. The topological polar surface area (TPSA) is 69.6 Å². The van der Waals surface area contributed by atoms with Crippen molar-refractivity contribution < 1.29 is 15.0 Å². The first kappa shape index (κ1) is 79.6. The SMILES string of the molecule is CCCCCCCCCCCCCCCCCCCCC/C=C/CC/C=C/CC/C=C/C(O)C(CO)NC(=O)CCCCCCCCCCCCCCCCCCCCCCCCCCCCCCCCCCCCCCCCCC. The molecule has 4 nitrogen and oxygen atoms in total. The summed E-state index contributed by atoms with van der Waals surface area (Å²) in [6, 6.07) is -0.646. The minimum absolute atomic E-state index is 0.0688. The highest BCUT2D eigenvalue weighted by atomic mass is 16.3. The molecule has 0 heterocycles. The van der Waals surface area contributed by atoms with Crippen molar-refractivity contribution in [3.63, 3.8) is 0 Å². The molecule has 1 amide bonds. The van der Waals surface area contributed by atoms with E-state index in [2.05, 4.69) is 43.5 Å². The van der Waals surface area contributed by atoms with Crippen molar-refractivity contribution in [2.45, 2.75) is 443 Å². The lowest BCUT2D eigenvalue weighted by Gasteiger charge is -2.19. The summed E-state index contributed by atoms with van der Waals surface area (Å²) in [5.41, 5.74) is 0. The van der Waals surface area contributed by atoms with Crippen LogP contribution in [0.3, 0.4) is 0 Å². The lowest BCUT2D eigenvalue weighted by Crippen LogP contribution is -2.45. The molecule has 0 radical (unpaired) electrons. The van der Waals surface area contributed by atoms with Crippen LogP contribution in [0.15, 0.2) is 36.5 Å². The monoisotopic (exact) mass is 1140 g/mol. The average molecular weight is 1140 g/mol. The molecule has 0 aromatic heterocycles. The van der Waals surface area contributed by atoms with Crippen LogP contribution >= 0.6 is 0 Å². The van der Waals surface area contributed by atoms with Crippen LogP contribution in [0.1, 0.15) is 431 Å². The molecule has 81 heavy (non-hydrogen) atoms. The first-order valence-electron chi connectivity index (χ1n) is 37.7. The highest BCUT2D eigenvalue weighted by Gasteiger charge is 2.18. The first-order chi connectivity index (χ1) is 40.2. The number of aliphatic hydroxyl groups excluding tert-OH is 2. The van der Waals surface area contributed by atoms with Gasteiger partial charge in [-0.05, 0) is 44.9 Å². The van der Waals surface area contributed by atoms with Crippen LogP contribution in [0.25, 0.3) is 0 Å². The number of hydrogen-bond donors (Lipinski definition) is 3. The molecule has 2 atom stereocenters. The molecule has 4 heteroatoms. The maximum absolute atomic E-state index is 12.5. The quantitative estimate of drug-likeness (QED) is 0.0420. The van der Waals surface area contributed by atoms with Crippen LogP contribution in [0, 0.1) is 0 Å². The first-order valence-corrected chi connectivity index (χ1v) is 37.7. The van der Waals surface area contributed by atoms with Gasteiger partial charge in [-0.1, -0.05) is 416 Å². The second-order valence-electron chi connectivity index (χ2n) is 26.1. The van der Waals surface area contributed by atoms with Gasteiger partial charge >= 0.3 is 0 Å². The fourth-order valence-electron chi connectivity index (χ4n) is 12.2. The third-order valence-corrected chi connectivity index (χ3v) is 17.9. The molecule has 0 aliphatic rings. The van der Waals surface area contributed by atoms with Crippen LogP contribution in [0.4, 0.5) is 0 Å². The summed E-state index contributed by atoms with van der Waals surface area (Å²) >= 11 is 0. The second-order valence-corrected chi connectivity index (χ2v) is 26.1. The van der Waals surface area contributed by atoms with E-state index in [9.17, 15) is 15.0 Å². The predicted octanol–water partition coefficient (Wildman–Crippen LogP) is 25.9. The molecule has 0 aliphatic carbocycles. The van der Waals surface area contributed by atoms with E-state index in [-0.39, 0.29) is 12.5 Å². The highest BCUT2D eigenvalue weighted by Crippen LogP contribution is 2.20. The zero-order chi connectivity index (χ0) is 58.4. The largest absolute Gasteiger partial charge is 0.394 e. The molecule has 0 rings (SSSR count). The number of amides is 1. The number of allylic oxidation sites excluding steroid dienone is 5. The average Bonchev–Trinajstić information content (AvgIpc) is 3.47. The predicted molar refractivity (Wildman–Crippen MR) is 364 cm³/mol. The molecule has 0 spiro atoms. The smallest absolute Gasteiger partial charge is 0.220 e. The number of unbranched alkanes of at least 4 members (excludes halogenated alkanes) is 60. The van der Waals surface area contributed by atoms with Gasteiger partial charge in [0, 0.05) is 6.42 Å². The summed E-state index contributed by atoms with van der Waals surface area (Å²) in [5.74, 6) is -0.0688. The van der Waals surface area contributed by atoms with Gasteiger partial charge in [-0.2, -0.15) is 0 Å². The molecular formula is C77H149NO3. The van der Waals surface area contributed by atoms with Gasteiger partial charge in [0.1, 0.15) is 0 Å². The maximum atomic E-state index is 12.5. The molecule has 480 valence electrons. The Labute approximate surface area is 510 Å². The highest BCUT2D eigenvalue weighted by molar-refractivity contribution is 5.76. The van der Waals surface area contributed by atoms with Crippen LogP contribution in [0.2, 0.25) is 0 Å². The standard InChI is InChI=1S/C77H149NO3/c1-3-5-7-9-11-13-15-17-19-21-23-25-27-29-31-33-34-35-36-37-38-39-40-41-42-43-45-47-49-51-53-55-57-59-61-63-65-67-69-71-73-77(81)78-75(74-79)76(80)72-70-68-66-64-62-60-58-56-54-52-50-48-46-44-32-30-28-26-24-22-20-18-16-14-12-10-8-6-4-2/h54,56,62,64,70,72,75-76,79-80H,3-53,55,57-61,63,65-69,71,73-74H2,1-2H3,(H,78,81)/b56-54+,64-62+,72-70+. The van der Waals surface area contributed by atoms with Crippen molar-refractivity contribution >= 4 is 5.91 Å². The van der Waals surface area contributed by atoms with Gasteiger partial charge in [0.05, 0.1) is 18.8 Å². The molecule has 0 aromatic rings. The fraction of sp³-hybridized carbons (Fsp3) is 0.909. The van der Waals surface area contributed by atoms with Gasteiger partial charge in [0.25, 0.3) is 0 Å². The minimum atomic E-state index is -0.871. The minimum Gasteiger partial charge on any atom is -0.394 e. The van der Waals surface area contributed by atoms with Crippen LogP contribution in [0.5, 0.6) is 0 Å². The number of carbonyl (C=O) groups is 1. The second kappa shape index (κ2) is 72.9. The Morgan fingerprint density at radius 2 is 0.481 bits per heavy atom. The van der Waals surface area contributed by atoms with Gasteiger partial charge in [-0.25, -0.2) is 0 Å². The zero-order valence-corrected chi connectivity index (χ0v) is 55.6. The summed E-state index contributed by atoms with van der Waals surface area (Å²) < 4.78 is 0. The summed E-state index contributed by atoms with van der Waals surface area (Å²) in [6.07, 6.45) is 101. The van der Waals surface area contributed by atoms with E-state index in [4.69, 9.17) is 0 Å². The van der Waals surface area contributed by atoms with Crippen molar-refractivity contribution in [2.75, 3.05) is 6.61 Å².